The first-order chi connectivity index (χ1) is 14.3. The van der Waals surface area contributed by atoms with Crippen LogP contribution in [0.25, 0.3) is 11.4 Å². The van der Waals surface area contributed by atoms with Crippen LogP contribution in [0.5, 0.6) is 5.75 Å². The van der Waals surface area contributed by atoms with E-state index in [-0.39, 0.29) is 19.1 Å². The molecule has 3 rings (SSSR count). The molecule has 3 heterocycles. The second-order valence-electron chi connectivity index (χ2n) is 7.41. The molecule has 156 valence electrons. The molecule has 9 nitrogen and oxygen atoms in total. The Bertz CT molecular complexity index is 1000. The fourth-order valence-corrected chi connectivity index (χ4v) is 2.58. The number of aromatic nitrogens is 4. The Morgan fingerprint density at radius 3 is 2.70 bits per heavy atom. The Morgan fingerprint density at radius 2 is 2.03 bits per heavy atom. The van der Waals surface area contributed by atoms with Gasteiger partial charge in [-0.1, -0.05) is 0 Å². The second-order valence-corrected chi connectivity index (χ2v) is 7.41. The number of carboxylic acids is 1. The molecule has 9 heteroatoms. The average molecular weight is 409 g/mol. The van der Waals surface area contributed by atoms with Crippen LogP contribution in [-0.2, 0) is 11.4 Å². The van der Waals surface area contributed by atoms with Crippen LogP contribution in [-0.4, -0.2) is 43.7 Å². The number of nitrogens with one attached hydrogen (secondary N) is 2. The van der Waals surface area contributed by atoms with Gasteiger partial charge in [0.15, 0.2) is 0 Å². The zero-order valence-corrected chi connectivity index (χ0v) is 16.8. The molecule has 0 fully saturated rings. The summed E-state index contributed by atoms with van der Waals surface area (Å²) in [6.07, 6.45) is 6.68. The molecule has 0 radical (unpaired) electrons. The maximum atomic E-state index is 12.3. The molecule has 3 N–H and O–H groups in total. The van der Waals surface area contributed by atoms with Gasteiger partial charge in [0.25, 0.3) is 5.91 Å². The van der Waals surface area contributed by atoms with Crippen LogP contribution in [0.4, 0.5) is 0 Å². The Morgan fingerprint density at radius 1 is 1.20 bits per heavy atom. The predicted octanol–water partition coefficient (Wildman–Crippen LogP) is 2.68. The molecule has 3 aromatic heterocycles. The van der Waals surface area contributed by atoms with Crippen molar-refractivity contribution in [2.75, 3.05) is 6.54 Å². The Hall–Kier alpha value is -3.75. The van der Waals surface area contributed by atoms with E-state index in [1.165, 1.54) is 6.20 Å². The van der Waals surface area contributed by atoms with Crippen LogP contribution in [0.3, 0.4) is 0 Å². The molecule has 0 saturated carbocycles. The number of amides is 1. The summed E-state index contributed by atoms with van der Waals surface area (Å²) < 4.78 is 5.73. The quantitative estimate of drug-likeness (QED) is 0.495. The first-order valence-electron chi connectivity index (χ1n) is 9.39. The van der Waals surface area contributed by atoms with E-state index in [2.05, 4.69) is 25.5 Å². The summed E-state index contributed by atoms with van der Waals surface area (Å²) in [6, 6.07) is 7.14. The summed E-state index contributed by atoms with van der Waals surface area (Å²) in [5.74, 6) is -0.621. The van der Waals surface area contributed by atoms with Crippen molar-refractivity contribution < 1.29 is 19.4 Å². The zero-order chi connectivity index (χ0) is 21.6. The maximum absolute atomic E-state index is 12.3. The van der Waals surface area contributed by atoms with Gasteiger partial charge in [0, 0.05) is 30.7 Å². The number of aromatic amines is 1. The van der Waals surface area contributed by atoms with Crippen molar-refractivity contribution in [3.8, 4) is 17.1 Å². The molecule has 0 spiro atoms. The van der Waals surface area contributed by atoms with E-state index >= 15 is 0 Å². The van der Waals surface area contributed by atoms with Crippen LogP contribution >= 0.6 is 0 Å². The Balaban J connectivity index is 1.53. The maximum Gasteiger partial charge on any atom is 0.309 e. The number of carboxylic acid groups (broad SMARTS) is 1. The van der Waals surface area contributed by atoms with Crippen molar-refractivity contribution in [2.45, 2.75) is 26.9 Å². The highest BCUT2D eigenvalue weighted by Gasteiger charge is 2.26. The largest absolute Gasteiger partial charge is 0.487 e. The highest BCUT2D eigenvalue weighted by Crippen LogP contribution is 2.20. The van der Waals surface area contributed by atoms with Gasteiger partial charge in [-0.25, -0.2) is 0 Å². The number of pyridine rings is 2. The molecular formula is C21H23N5O4. The Labute approximate surface area is 173 Å². The molecule has 0 unspecified atom stereocenters. The molecule has 0 aliphatic heterocycles. The van der Waals surface area contributed by atoms with E-state index in [1.54, 1.807) is 44.6 Å². The number of H-pyrrole nitrogens is 1. The summed E-state index contributed by atoms with van der Waals surface area (Å²) in [4.78, 5) is 31.9. The molecule has 30 heavy (non-hydrogen) atoms. The molecule has 0 aliphatic rings. The number of rotatable bonds is 9. The number of hydrogen-bond acceptors (Lipinski definition) is 6. The number of nitrogens with zero attached hydrogens (tertiary/aromatic N) is 3. The lowest BCUT2D eigenvalue weighted by atomic mass is 9.90. The lowest BCUT2D eigenvalue weighted by molar-refractivity contribution is -0.147. The minimum atomic E-state index is -0.901. The topological polar surface area (TPSA) is 130 Å². The summed E-state index contributed by atoms with van der Waals surface area (Å²) in [6.45, 7) is 3.73. The van der Waals surface area contributed by atoms with E-state index in [4.69, 9.17) is 9.84 Å². The number of carbonyl (C=O) groups is 2. The minimum absolute atomic E-state index is 0.227. The van der Waals surface area contributed by atoms with E-state index in [0.29, 0.717) is 17.7 Å². The van der Waals surface area contributed by atoms with Crippen molar-refractivity contribution in [3.63, 3.8) is 0 Å². The fourth-order valence-electron chi connectivity index (χ4n) is 2.58. The lowest BCUT2D eigenvalue weighted by Gasteiger charge is -2.18. The van der Waals surface area contributed by atoms with Gasteiger partial charge < -0.3 is 15.2 Å². The van der Waals surface area contributed by atoms with Crippen molar-refractivity contribution in [1.82, 2.24) is 25.5 Å². The van der Waals surface area contributed by atoms with Gasteiger partial charge in [0.1, 0.15) is 12.4 Å². The second kappa shape index (κ2) is 9.17. The van der Waals surface area contributed by atoms with Gasteiger partial charge in [0.05, 0.1) is 28.6 Å². The van der Waals surface area contributed by atoms with Crippen LogP contribution in [0.15, 0.2) is 49.1 Å². The minimum Gasteiger partial charge on any atom is -0.487 e. The molecule has 0 saturated heterocycles. The van der Waals surface area contributed by atoms with Gasteiger partial charge >= 0.3 is 5.97 Å². The molecule has 3 aromatic rings. The highest BCUT2D eigenvalue weighted by molar-refractivity contribution is 5.94. The van der Waals surface area contributed by atoms with E-state index in [1.807, 2.05) is 12.1 Å². The number of aliphatic carboxylic acids is 1. The predicted molar refractivity (Wildman–Crippen MR) is 109 cm³/mol. The van der Waals surface area contributed by atoms with Crippen molar-refractivity contribution in [1.29, 1.82) is 0 Å². The Kier molecular flexibility index (Phi) is 6.41. The molecule has 0 aromatic carbocycles. The first kappa shape index (κ1) is 21.0. The third-order valence-electron chi connectivity index (χ3n) is 4.59. The smallest absolute Gasteiger partial charge is 0.309 e. The van der Waals surface area contributed by atoms with Crippen LogP contribution < -0.4 is 10.1 Å². The third kappa shape index (κ3) is 5.40. The van der Waals surface area contributed by atoms with E-state index < -0.39 is 11.4 Å². The highest BCUT2D eigenvalue weighted by atomic mass is 16.5. The van der Waals surface area contributed by atoms with Crippen LogP contribution in [0.1, 0.15) is 36.2 Å². The van der Waals surface area contributed by atoms with Gasteiger partial charge in [0.2, 0.25) is 0 Å². The lowest BCUT2D eigenvalue weighted by Crippen LogP contribution is -2.32. The first-order valence-corrected chi connectivity index (χ1v) is 9.39. The molecule has 1 amide bonds. The van der Waals surface area contributed by atoms with E-state index in [9.17, 15) is 9.59 Å². The average Bonchev–Trinajstić information content (AvgIpc) is 3.27. The zero-order valence-electron chi connectivity index (χ0n) is 16.8. The fraction of sp³-hybridized carbons (Fsp3) is 0.286. The number of ether oxygens (including phenoxy) is 1. The van der Waals surface area contributed by atoms with Gasteiger partial charge in [-0.05, 0) is 44.5 Å². The monoisotopic (exact) mass is 409 g/mol. The number of hydrogen-bond donors (Lipinski definition) is 3. The summed E-state index contributed by atoms with van der Waals surface area (Å²) in [5.41, 5.74) is 1.79. The van der Waals surface area contributed by atoms with Crippen molar-refractivity contribution in [2.24, 2.45) is 5.41 Å². The summed E-state index contributed by atoms with van der Waals surface area (Å²) >= 11 is 0. The number of carbonyl (C=O) groups excluding carboxylic acids is 1. The summed E-state index contributed by atoms with van der Waals surface area (Å²) in [7, 11) is 0. The van der Waals surface area contributed by atoms with Gasteiger partial charge in [-0.15, -0.1) is 0 Å². The molecule has 0 aliphatic carbocycles. The van der Waals surface area contributed by atoms with Crippen LogP contribution in [0, 0.1) is 5.41 Å². The van der Waals surface area contributed by atoms with Gasteiger partial charge in [-0.3, -0.25) is 24.7 Å². The van der Waals surface area contributed by atoms with E-state index in [0.717, 1.165) is 17.0 Å². The summed E-state index contributed by atoms with van der Waals surface area (Å²) in [5, 5.41) is 18.6. The van der Waals surface area contributed by atoms with Crippen LogP contribution in [0.2, 0.25) is 0 Å². The van der Waals surface area contributed by atoms with Crippen molar-refractivity contribution in [3.05, 3.63) is 60.2 Å². The standard InChI is InChI=1S/C21H23N5O4/c1-21(2,20(28)29)6-8-23-19(27)15-9-14(10-22-11-15)13-30-16-3-4-17(24-12-16)18-5-7-25-26-18/h3-5,7,9-12H,6,8,13H2,1-2H3,(H,23,27)(H,25,26)(H,28,29). The normalized spacial score (nSPS) is 11.1. The molecule has 0 bridgehead atoms. The molecular weight excluding hydrogens is 386 g/mol. The SMILES string of the molecule is CC(C)(CCNC(=O)c1cncc(COc2ccc(-c3ccn[nH]3)nc2)c1)C(=O)O. The third-order valence-corrected chi connectivity index (χ3v) is 4.59. The van der Waals surface area contributed by atoms with Gasteiger partial charge in [-0.2, -0.15) is 5.10 Å². The van der Waals surface area contributed by atoms with Crippen molar-refractivity contribution >= 4 is 11.9 Å². The molecule has 0 atom stereocenters.